The maximum atomic E-state index is 13.2. The maximum Gasteiger partial charge on any atom is 0.275 e. The Hall–Kier alpha value is -3.32. The summed E-state index contributed by atoms with van der Waals surface area (Å²) in [4.78, 5) is 25.5. The first-order valence-corrected chi connectivity index (χ1v) is 9.57. The number of rotatable bonds is 5. The minimum absolute atomic E-state index is 0.195. The summed E-state index contributed by atoms with van der Waals surface area (Å²) in [5, 5.41) is 2.63. The number of nitrogens with one attached hydrogen (secondary N) is 1. The highest BCUT2D eigenvalue weighted by Crippen LogP contribution is 2.15. The van der Waals surface area contributed by atoms with Crippen molar-refractivity contribution in [3.8, 4) is 0 Å². The number of nitrogens with zero attached hydrogens (tertiary/aromatic N) is 4. The molecule has 1 fully saturated rings. The van der Waals surface area contributed by atoms with E-state index in [0.717, 1.165) is 38.5 Å². The number of hydrogen-bond acceptors (Lipinski definition) is 5. The predicted octanol–water partition coefficient (Wildman–Crippen LogP) is 3.19. The Morgan fingerprint density at radius 2 is 1.76 bits per heavy atom. The number of anilines is 2. The Morgan fingerprint density at radius 1 is 0.966 bits per heavy atom. The smallest absolute Gasteiger partial charge is 0.275 e. The van der Waals surface area contributed by atoms with Crippen LogP contribution < -0.4 is 10.2 Å². The van der Waals surface area contributed by atoms with E-state index in [-0.39, 0.29) is 5.69 Å². The molecule has 1 N–H and O–H groups in total. The van der Waals surface area contributed by atoms with Gasteiger partial charge in [0.25, 0.3) is 5.91 Å². The third kappa shape index (κ3) is 4.94. The molecule has 1 aliphatic rings. The predicted molar refractivity (Wildman–Crippen MR) is 110 cm³/mol. The highest BCUT2D eigenvalue weighted by atomic mass is 19.1. The molecule has 29 heavy (non-hydrogen) atoms. The van der Waals surface area contributed by atoms with Gasteiger partial charge in [-0.15, -0.1) is 0 Å². The van der Waals surface area contributed by atoms with Crippen LogP contribution in [0.15, 0.2) is 67.0 Å². The Morgan fingerprint density at radius 3 is 2.45 bits per heavy atom. The molecule has 1 aliphatic heterocycles. The summed E-state index contributed by atoms with van der Waals surface area (Å²) in [6.07, 6.45) is 3.08. The van der Waals surface area contributed by atoms with Crippen LogP contribution in [0.3, 0.4) is 0 Å². The van der Waals surface area contributed by atoms with Crippen LogP contribution in [0.4, 0.5) is 15.9 Å². The van der Waals surface area contributed by atoms with E-state index in [1.165, 1.54) is 30.0 Å². The monoisotopic (exact) mass is 391 g/mol. The molecule has 7 heteroatoms. The zero-order chi connectivity index (χ0) is 20.1. The second-order valence-electron chi connectivity index (χ2n) is 6.97. The fraction of sp³-hybridized carbons (Fsp3) is 0.227. The highest BCUT2D eigenvalue weighted by Gasteiger charge is 2.19. The van der Waals surface area contributed by atoms with E-state index in [9.17, 15) is 9.18 Å². The first kappa shape index (κ1) is 19.0. The van der Waals surface area contributed by atoms with Crippen molar-refractivity contribution in [2.45, 2.75) is 6.54 Å². The Labute approximate surface area is 169 Å². The van der Waals surface area contributed by atoms with Crippen LogP contribution >= 0.6 is 0 Å². The molecule has 1 aromatic heterocycles. The molecule has 0 atom stereocenters. The molecule has 2 aromatic carbocycles. The lowest BCUT2D eigenvalue weighted by atomic mass is 10.2. The van der Waals surface area contributed by atoms with Crippen molar-refractivity contribution < 1.29 is 9.18 Å². The first-order chi connectivity index (χ1) is 14.2. The van der Waals surface area contributed by atoms with Gasteiger partial charge in [0.15, 0.2) is 0 Å². The first-order valence-electron chi connectivity index (χ1n) is 9.57. The van der Waals surface area contributed by atoms with E-state index in [1.807, 2.05) is 6.07 Å². The summed E-state index contributed by atoms with van der Waals surface area (Å²) in [5.74, 6) is -0.0652. The number of aromatic nitrogens is 2. The quantitative estimate of drug-likeness (QED) is 0.724. The SMILES string of the molecule is O=C(Nc1cccc(F)c1)c1cnc(N2CCN(Cc3ccccc3)CC2)cn1. The van der Waals surface area contributed by atoms with Gasteiger partial charge in [0.1, 0.15) is 17.3 Å². The molecule has 4 rings (SSSR count). The molecular weight excluding hydrogens is 369 g/mol. The molecule has 148 valence electrons. The van der Waals surface area contributed by atoms with Crippen LogP contribution in [0.5, 0.6) is 0 Å². The maximum absolute atomic E-state index is 13.2. The van der Waals surface area contributed by atoms with Gasteiger partial charge in [-0.1, -0.05) is 36.4 Å². The standard InChI is InChI=1S/C22H22FN5O/c23-18-7-4-8-19(13-18)26-22(29)20-14-25-21(15-24-20)28-11-9-27(10-12-28)16-17-5-2-1-3-6-17/h1-8,13-15H,9-12,16H2,(H,26,29). The number of carbonyl (C=O) groups is 1. The topological polar surface area (TPSA) is 61.4 Å². The zero-order valence-corrected chi connectivity index (χ0v) is 16.0. The van der Waals surface area contributed by atoms with Gasteiger partial charge >= 0.3 is 0 Å². The van der Waals surface area contributed by atoms with Crippen LogP contribution in [0, 0.1) is 5.82 Å². The fourth-order valence-electron chi connectivity index (χ4n) is 3.34. The highest BCUT2D eigenvalue weighted by molar-refractivity contribution is 6.02. The third-order valence-electron chi connectivity index (χ3n) is 4.90. The van der Waals surface area contributed by atoms with Crippen LogP contribution in [-0.2, 0) is 6.54 Å². The number of benzene rings is 2. The number of hydrogen-bond donors (Lipinski definition) is 1. The molecule has 0 spiro atoms. The second-order valence-corrected chi connectivity index (χ2v) is 6.97. The molecule has 1 amide bonds. The number of halogens is 1. The lowest BCUT2D eigenvalue weighted by molar-refractivity contribution is 0.102. The summed E-state index contributed by atoms with van der Waals surface area (Å²) in [7, 11) is 0. The van der Waals surface area contributed by atoms with Crippen molar-refractivity contribution in [3.05, 3.63) is 84.1 Å². The average molecular weight is 391 g/mol. The van der Waals surface area contributed by atoms with Crippen LogP contribution in [0.1, 0.15) is 16.1 Å². The van der Waals surface area contributed by atoms with E-state index < -0.39 is 11.7 Å². The van der Waals surface area contributed by atoms with E-state index >= 15 is 0 Å². The van der Waals surface area contributed by atoms with Crippen molar-refractivity contribution in [1.29, 1.82) is 0 Å². The molecule has 0 saturated carbocycles. The van der Waals surface area contributed by atoms with E-state index in [0.29, 0.717) is 5.69 Å². The fourth-order valence-corrected chi connectivity index (χ4v) is 3.34. The molecule has 1 saturated heterocycles. The Balaban J connectivity index is 1.32. The zero-order valence-electron chi connectivity index (χ0n) is 16.0. The van der Waals surface area contributed by atoms with Gasteiger partial charge in [-0.05, 0) is 23.8 Å². The van der Waals surface area contributed by atoms with Crippen LogP contribution in [-0.4, -0.2) is 47.0 Å². The van der Waals surface area contributed by atoms with Crippen molar-refractivity contribution in [2.24, 2.45) is 0 Å². The van der Waals surface area contributed by atoms with Gasteiger partial charge in [-0.2, -0.15) is 0 Å². The van der Waals surface area contributed by atoms with Crippen molar-refractivity contribution in [2.75, 3.05) is 36.4 Å². The van der Waals surface area contributed by atoms with Crippen molar-refractivity contribution >= 4 is 17.4 Å². The minimum Gasteiger partial charge on any atom is -0.353 e. The lowest BCUT2D eigenvalue weighted by Gasteiger charge is -2.35. The van der Waals surface area contributed by atoms with Gasteiger partial charge in [-0.25, -0.2) is 14.4 Å². The summed E-state index contributed by atoms with van der Waals surface area (Å²) < 4.78 is 13.2. The Bertz CT molecular complexity index is 956. The summed E-state index contributed by atoms with van der Waals surface area (Å²) in [6.45, 7) is 4.54. The molecular formula is C22H22FN5O. The van der Waals surface area contributed by atoms with E-state index in [1.54, 1.807) is 12.3 Å². The third-order valence-corrected chi connectivity index (χ3v) is 4.90. The minimum atomic E-state index is -0.415. The molecule has 2 heterocycles. The summed E-state index contributed by atoms with van der Waals surface area (Å²) >= 11 is 0. The van der Waals surface area contributed by atoms with Crippen molar-refractivity contribution in [3.63, 3.8) is 0 Å². The number of amides is 1. The summed E-state index contributed by atoms with van der Waals surface area (Å²) in [6, 6.07) is 16.2. The second kappa shape index (κ2) is 8.79. The van der Waals surface area contributed by atoms with E-state index in [2.05, 4.69) is 49.4 Å². The van der Waals surface area contributed by atoms with Crippen LogP contribution in [0.2, 0.25) is 0 Å². The van der Waals surface area contributed by atoms with Gasteiger partial charge in [0.2, 0.25) is 0 Å². The molecule has 6 nitrogen and oxygen atoms in total. The summed E-state index contributed by atoms with van der Waals surface area (Å²) in [5.41, 5.74) is 1.89. The van der Waals surface area contributed by atoms with Gasteiger partial charge in [0, 0.05) is 38.4 Å². The lowest BCUT2D eigenvalue weighted by Crippen LogP contribution is -2.46. The number of carbonyl (C=O) groups excluding carboxylic acids is 1. The van der Waals surface area contributed by atoms with Gasteiger partial charge in [-0.3, -0.25) is 9.69 Å². The molecule has 0 radical (unpaired) electrons. The normalized spacial score (nSPS) is 14.6. The molecule has 0 bridgehead atoms. The van der Waals surface area contributed by atoms with Gasteiger partial charge in [0.05, 0.1) is 12.4 Å². The van der Waals surface area contributed by atoms with Gasteiger partial charge < -0.3 is 10.2 Å². The molecule has 0 unspecified atom stereocenters. The average Bonchev–Trinajstić information content (AvgIpc) is 2.75. The number of piperazine rings is 1. The van der Waals surface area contributed by atoms with Crippen molar-refractivity contribution in [1.82, 2.24) is 14.9 Å². The van der Waals surface area contributed by atoms with Crippen LogP contribution in [0.25, 0.3) is 0 Å². The largest absolute Gasteiger partial charge is 0.353 e. The van der Waals surface area contributed by atoms with E-state index in [4.69, 9.17) is 0 Å². The molecule has 3 aromatic rings. The molecule has 0 aliphatic carbocycles. The Kier molecular flexibility index (Phi) is 5.76.